The summed E-state index contributed by atoms with van der Waals surface area (Å²) in [7, 11) is 1.81. The first-order valence-corrected chi connectivity index (χ1v) is 10.3. The van der Waals surface area contributed by atoms with Gasteiger partial charge in [0.15, 0.2) is 17.5 Å². The minimum atomic E-state index is 0. The molecule has 158 valence electrons. The Bertz CT molecular complexity index is 618. The maximum absolute atomic E-state index is 5.76. The summed E-state index contributed by atoms with van der Waals surface area (Å²) in [6.45, 7) is 9.10. The van der Waals surface area contributed by atoms with Crippen molar-refractivity contribution in [3.8, 4) is 11.5 Å². The highest BCUT2D eigenvalue weighted by Gasteiger charge is 2.15. The molecule has 0 amide bonds. The number of aliphatic imine (C=N–C) groups is 1. The van der Waals surface area contributed by atoms with Crippen molar-refractivity contribution in [1.82, 2.24) is 15.5 Å². The van der Waals surface area contributed by atoms with Crippen LogP contribution >= 0.6 is 24.0 Å². The SMILES string of the molecule is CN=C(NCCCN1CCC(C)CC1)NCc1ccc2c(c1)OCCCO2.I. The predicted molar refractivity (Wildman–Crippen MR) is 125 cm³/mol. The van der Waals surface area contributed by atoms with E-state index in [1.165, 1.54) is 32.5 Å². The number of halogens is 1. The van der Waals surface area contributed by atoms with Gasteiger partial charge >= 0.3 is 0 Å². The highest BCUT2D eigenvalue weighted by atomic mass is 127. The Balaban J connectivity index is 0.00000280. The first kappa shape index (κ1) is 23.1. The molecule has 1 fully saturated rings. The number of benzene rings is 1. The van der Waals surface area contributed by atoms with Crippen LogP contribution in [0, 0.1) is 5.92 Å². The van der Waals surface area contributed by atoms with Gasteiger partial charge in [-0.3, -0.25) is 4.99 Å². The van der Waals surface area contributed by atoms with Crippen LogP contribution in [-0.4, -0.2) is 57.3 Å². The molecule has 3 rings (SSSR count). The van der Waals surface area contributed by atoms with Crippen molar-refractivity contribution in [2.45, 2.75) is 39.2 Å². The zero-order valence-corrected chi connectivity index (χ0v) is 19.5. The average molecular weight is 502 g/mol. The van der Waals surface area contributed by atoms with Crippen molar-refractivity contribution in [2.75, 3.05) is 46.4 Å². The quantitative estimate of drug-likeness (QED) is 0.271. The monoisotopic (exact) mass is 502 g/mol. The van der Waals surface area contributed by atoms with E-state index in [1.54, 1.807) is 0 Å². The summed E-state index contributed by atoms with van der Waals surface area (Å²) in [5, 5.41) is 6.80. The third-order valence-corrected chi connectivity index (χ3v) is 5.32. The van der Waals surface area contributed by atoms with Gasteiger partial charge in [0.25, 0.3) is 0 Å². The van der Waals surface area contributed by atoms with Crippen LogP contribution in [0.4, 0.5) is 0 Å². The molecule has 2 heterocycles. The van der Waals surface area contributed by atoms with E-state index in [4.69, 9.17) is 9.47 Å². The third kappa shape index (κ3) is 7.31. The summed E-state index contributed by atoms with van der Waals surface area (Å²) in [6, 6.07) is 6.12. The Morgan fingerprint density at radius 1 is 1.14 bits per heavy atom. The summed E-state index contributed by atoms with van der Waals surface area (Å²) in [5.41, 5.74) is 1.16. The van der Waals surface area contributed by atoms with E-state index in [9.17, 15) is 0 Å². The molecule has 0 saturated carbocycles. The van der Waals surface area contributed by atoms with Crippen molar-refractivity contribution in [2.24, 2.45) is 10.9 Å². The lowest BCUT2D eigenvalue weighted by molar-refractivity contribution is 0.191. The zero-order valence-electron chi connectivity index (χ0n) is 17.2. The largest absolute Gasteiger partial charge is 0.490 e. The average Bonchev–Trinajstić information content (AvgIpc) is 2.93. The van der Waals surface area contributed by atoms with Crippen molar-refractivity contribution in [3.05, 3.63) is 23.8 Å². The molecular weight excluding hydrogens is 467 g/mol. The van der Waals surface area contributed by atoms with Crippen molar-refractivity contribution < 1.29 is 9.47 Å². The second kappa shape index (κ2) is 12.4. The van der Waals surface area contributed by atoms with Crippen LogP contribution in [0.2, 0.25) is 0 Å². The maximum Gasteiger partial charge on any atom is 0.191 e. The molecule has 2 aliphatic rings. The second-order valence-corrected chi connectivity index (χ2v) is 7.56. The Kier molecular flexibility index (Phi) is 10.2. The van der Waals surface area contributed by atoms with Gasteiger partial charge in [0.05, 0.1) is 13.2 Å². The molecule has 0 aromatic heterocycles. The number of hydrogen-bond donors (Lipinski definition) is 2. The normalized spacial score (nSPS) is 18.1. The van der Waals surface area contributed by atoms with Gasteiger partial charge in [0.1, 0.15) is 0 Å². The molecule has 0 radical (unpaired) electrons. The van der Waals surface area contributed by atoms with Crippen molar-refractivity contribution >= 4 is 29.9 Å². The number of likely N-dealkylation sites (tertiary alicyclic amines) is 1. The minimum Gasteiger partial charge on any atom is -0.490 e. The summed E-state index contributed by atoms with van der Waals surface area (Å²) in [6.07, 6.45) is 4.74. The van der Waals surface area contributed by atoms with Crippen LogP contribution in [0.25, 0.3) is 0 Å². The standard InChI is InChI=1S/C21H34N4O2.HI/c1-17-7-11-25(12-8-17)10-3-9-23-21(22-2)24-16-18-5-6-19-20(15-18)27-14-4-13-26-19;/h5-6,15,17H,3-4,7-14,16H2,1-2H3,(H2,22,23,24);1H. The van der Waals surface area contributed by atoms with Gasteiger partial charge in [-0.15, -0.1) is 24.0 Å². The van der Waals surface area contributed by atoms with Crippen molar-refractivity contribution in [1.29, 1.82) is 0 Å². The van der Waals surface area contributed by atoms with Crippen molar-refractivity contribution in [3.63, 3.8) is 0 Å². The first-order valence-electron chi connectivity index (χ1n) is 10.3. The van der Waals surface area contributed by atoms with E-state index >= 15 is 0 Å². The number of nitrogens with one attached hydrogen (secondary N) is 2. The van der Waals surface area contributed by atoms with Gasteiger partial charge in [0, 0.05) is 26.6 Å². The molecule has 0 bridgehead atoms. The predicted octanol–water partition coefficient (Wildman–Crippen LogP) is 3.25. The summed E-state index contributed by atoms with van der Waals surface area (Å²) >= 11 is 0. The van der Waals surface area contributed by atoms with Crippen LogP contribution < -0.4 is 20.1 Å². The summed E-state index contributed by atoms with van der Waals surface area (Å²) < 4.78 is 11.4. The fraction of sp³-hybridized carbons (Fsp3) is 0.667. The smallest absolute Gasteiger partial charge is 0.191 e. The van der Waals surface area contributed by atoms with E-state index in [0.29, 0.717) is 13.2 Å². The molecule has 0 spiro atoms. The molecule has 28 heavy (non-hydrogen) atoms. The molecule has 7 heteroatoms. The van der Waals surface area contributed by atoms with Crippen LogP contribution in [0.3, 0.4) is 0 Å². The molecule has 0 atom stereocenters. The molecule has 2 N–H and O–H groups in total. The van der Waals surface area contributed by atoms with Gasteiger partial charge in [0.2, 0.25) is 0 Å². The first-order chi connectivity index (χ1) is 13.2. The number of hydrogen-bond acceptors (Lipinski definition) is 4. The Morgan fingerprint density at radius 2 is 1.89 bits per heavy atom. The summed E-state index contributed by atoms with van der Waals surface area (Å²) in [4.78, 5) is 6.90. The topological polar surface area (TPSA) is 58.1 Å². The number of guanidine groups is 1. The van der Waals surface area contributed by atoms with E-state index in [0.717, 1.165) is 54.9 Å². The lowest BCUT2D eigenvalue weighted by Gasteiger charge is -2.30. The van der Waals surface area contributed by atoms with E-state index in [1.807, 2.05) is 13.1 Å². The van der Waals surface area contributed by atoms with Gasteiger partial charge in [-0.2, -0.15) is 0 Å². The number of piperidine rings is 1. The Labute approximate surface area is 186 Å². The summed E-state index contributed by atoms with van der Waals surface area (Å²) in [5.74, 6) is 3.41. The number of fused-ring (bicyclic) bond motifs is 1. The molecule has 0 unspecified atom stereocenters. The lowest BCUT2D eigenvalue weighted by Crippen LogP contribution is -2.39. The zero-order chi connectivity index (χ0) is 18.9. The van der Waals surface area contributed by atoms with Gasteiger partial charge in [-0.1, -0.05) is 13.0 Å². The molecular formula is C21H35IN4O2. The lowest BCUT2D eigenvalue weighted by atomic mass is 9.99. The molecule has 1 saturated heterocycles. The molecule has 1 aromatic carbocycles. The highest BCUT2D eigenvalue weighted by molar-refractivity contribution is 14.0. The van der Waals surface area contributed by atoms with Crippen LogP contribution in [0.5, 0.6) is 11.5 Å². The number of rotatable bonds is 6. The molecule has 0 aliphatic carbocycles. The maximum atomic E-state index is 5.76. The van der Waals surface area contributed by atoms with Crippen LogP contribution in [0.15, 0.2) is 23.2 Å². The fourth-order valence-corrected chi connectivity index (χ4v) is 3.52. The fourth-order valence-electron chi connectivity index (χ4n) is 3.52. The minimum absolute atomic E-state index is 0. The molecule has 2 aliphatic heterocycles. The van der Waals surface area contributed by atoms with E-state index in [2.05, 4.69) is 39.6 Å². The van der Waals surface area contributed by atoms with Gasteiger partial charge in [-0.25, -0.2) is 0 Å². The van der Waals surface area contributed by atoms with E-state index < -0.39 is 0 Å². The van der Waals surface area contributed by atoms with Crippen LogP contribution in [0.1, 0.15) is 38.2 Å². The third-order valence-electron chi connectivity index (χ3n) is 5.32. The number of ether oxygens (including phenoxy) is 2. The second-order valence-electron chi connectivity index (χ2n) is 7.56. The Morgan fingerprint density at radius 3 is 2.64 bits per heavy atom. The molecule has 6 nitrogen and oxygen atoms in total. The highest BCUT2D eigenvalue weighted by Crippen LogP contribution is 2.30. The Hall–Kier alpha value is -1.22. The number of nitrogens with zero attached hydrogens (tertiary/aromatic N) is 2. The molecule has 1 aromatic rings. The van der Waals surface area contributed by atoms with Gasteiger partial charge in [-0.05, 0) is 62.5 Å². The van der Waals surface area contributed by atoms with E-state index in [-0.39, 0.29) is 24.0 Å². The van der Waals surface area contributed by atoms with Gasteiger partial charge < -0.3 is 25.0 Å². The van der Waals surface area contributed by atoms with Crippen LogP contribution in [-0.2, 0) is 6.54 Å².